The van der Waals surface area contributed by atoms with Crippen LogP contribution in [0.15, 0.2) is 36.5 Å². The van der Waals surface area contributed by atoms with Crippen LogP contribution in [0.4, 0.5) is 4.39 Å². The number of hydrogen-bond acceptors (Lipinski definition) is 5. The summed E-state index contributed by atoms with van der Waals surface area (Å²) in [4.78, 5) is 26.6. The molecular weight excluding hydrogens is 291 g/mol. The zero-order valence-electron chi connectivity index (χ0n) is 11.7. The van der Waals surface area contributed by atoms with Crippen molar-refractivity contribution in [3.63, 3.8) is 0 Å². The first-order chi connectivity index (χ1) is 10.5. The third kappa shape index (κ3) is 3.57. The Morgan fingerprint density at radius 1 is 1.27 bits per heavy atom. The number of hydrogen-bond donors (Lipinski definition) is 2. The van der Waals surface area contributed by atoms with Gasteiger partial charge < -0.3 is 15.2 Å². The molecule has 0 radical (unpaired) electrons. The van der Waals surface area contributed by atoms with Crippen LogP contribution < -0.4 is 5.32 Å². The molecule has 0 bridgehead atoms. The van der Waals surface area contributed by atoms with Crippen molar-refractivity contribution in [1.29, 1.82) is 0 Å². The number of rotatable bonds is 4. The van der Waals surface area contributed by atoms with Crippen molar-refractivity contribution < 1.29 is 23.8 Å². The first kappa shape index (κ1) is 15.4. The van der Waals surface area contributed by atoms with Gasteiger partial charge in [-0.2, -0.15) is 0 Å². The summed E-state index contributed by atoms with van der Waals surface area (Å²) in [6, 6.07) is 6.96. The standard InChI is InChI=1S/C15H13FN2O4/c1-22-13(20)8-18-15(21)14-12(19)6-10(7-17-14)9-2-4-11(16)5-3-9/h2-7,19H,8H2,1H3,(H,18,21). The van der Waals surface area contributed by atoms with Gasteiger partial charge in [0.05, 0.1) is 7.11 Å². The summed E-state index contributed by atoms with van der Waals surface area (Å²) in [5.74, 6) is -2.03. The highest BCUT2D eigenvalue weighted by molar-refractivity contribution is 5.96. The van der Waals surface area contributed by atoms with Crippen LogP contribution in [0.2, 0.25) is 0 Å². The van der Waals surface area contributed by atoms with E-state index in [-0.39, 0.29) is 23.8 Å². The molecule has 1 aromatic heterocycles. The van der Waals surface area contributed by atoms with E-state index in [4.69, 9.17) is 0 Å². The van der Waals surface area contributed by atoms with Gasteiger partial charge in [-0.3, -0.25) is 9.59 Å². The number of benzene rings is 1. The van der Waals surface area contributed by atoms with Crippen molar-refractivity contribution in [2.45, 2.75) is 0 Å². The number of nitrogens with one attached hydrogen (secondary N) is 1. The monoisotopic (exact) mass is 304 g/mol. The van der Waals surface area contributed by atoms with Crippen LogP contribution in [-0.2, 0) is 9.53 Å². The number of aromatic hydroxyl groups is 1. The van der Waals surface area contributed by atoms with E-state index in [0.717, 1.165) is 0 Å². The summed E-state index contributed by atoms with van der Waals surface area (Å²) >= 11 is 0. The van der Waals surface area contributed by atoms with Crippen molar-refractivity contribution in [2.24, 2.45) is 0 Å². The van der Waals surface area contributed by atoms with Crippen molar-refractivity contribution in [2.75, 3.05) is 13.7 Å². The molecule has 0 fully saturated rings. The highest BCUT2D eigenvalue weighted by Gasteiger charge is 2.15. The fourth-order valence-corrected chi connectivity index (χ4v) is 1.74. The van der Waals surface area contributed by atoms with E-state index in [0.29, 0.717) is 11.1 Å². The second-order valence-corrected chi connectivity index (χ2v) is 4.36. The number of nitrogens with zero attached hydrogens (tertiary/aromatic N) is 1. The topological polar surface area (TPSA) is 88.5 Å². The molecule has 2 aromatic rings. The molecule has 0 aliphatic rings. The van der Waals surface area contributed by atoms with E-state index < -0.39 is 11.9 Å². The van der Waals surface area contributed by atoms with Crippen LogP contribution >= 0.6 is 0 Å². The molecule has 22 heavy (non-hydrogen) atoms. The lowest BCUT2D eigenvalue weighted by atomic mass is 10.1. The van der Waals surface area contributed by atoms with Gasteiger partial charge >= 0.3 is 5.97 Å². The summed E-state index contributed by atoms with van der Waals surface area (Å²) < 4.78 is 17.3. The van der Waals surface area contributed by atoms with E-state index in [2.05, 4.69) is 15.0 Å². The van der Waals surface area contributed by atoms with Gasteiger partial charge in [0.25, 0.3) is 5.91 Å². The Bertz CT molecular complexity index is 701. The van der Waals surface area contributed by atoms with Crippen molar-refractivity contribution >= 4 is 11.9 Å². The van der Waals surface area contributed by atoms with E-state index in [9.17, 15) is 19.1 Å². The molecule has 0 saturated heterocycles. The van der Waals surface area contributed by atoms with Gasteiger partial charge in [0.2, 0.25) is 0 Å². The molecule has 0 spiro atoms. The first-order valence-electron chi connectivity index (χ1n) is 6.31. The lowest BCUT2D eigenvalue weighted by Crippen LogP contribution is -2.30. The van der Waals surface area contributed by atoms with E-state index in [1.165, 1.54) is 43.6 Å². The number of esters is 1. The number of carbonyl (C=O) groups is 2. The Morgan fingerprint density at radius 2 is 1.95 bits per heavy atom. The number of methoxy groups -OCH3 is 1. The molecule has 1 aromatic carbocycles. The largest absolute Gasteiger partial charge is 0.505 e. The fraction of sp³-hybridized carbons (Fsp3) is 0.133. The number of halogens is 1. The minimum Gasteiger partial charge on any atom is -0.505 e. The Morgan fingerprint density at radius 3 is 2.55 bits per heavy atom. The van der Waals surface area contributed by atoms with Gasteiger partial charge in [0, 0.05) is 11.8 Å². The zero-order valence-corrected chi connectivity index (χ0v) is 11.7. The average Bonchev–Trinajstić information content (AvgIpc) is 2.52. The van der Waals surface area contributed by atoms with Gasteiger partial charge in [-0.15, -0.1) is 0 Å². The highest BCUT2D eigenvalue weighted by atomic mass is 19.1. The van der Waals surface area contributed by atoms with Gasteiger partial charge in [-0.25, -0.2) is 9.37 Å². The SMILES string of the molecule is COC(=O)CNC(=O)c1ncc(-c2ccc(F)cc2)cc1O. The van der Waals surface area contributed by atoms with Crippen molar-refractivity contribution in [3.05, 3.63) is 48.0 Å². The summed E-state index contributed by atoms with van der Waals surface area (Å²) in [7, 11) is 1.20. The predicted octanol–water partition coefficient (Wildman–Crippen LogP) is 1.50. The Hall–Kier alpha value is -2.96. The summed E-state index contributed by atoms with van der Waals surface area (Å²) in [6.45, 7) is -0.323. The normalized spacial score (nSPS) is 10.1. The molecule has 0 aliphatic heterocycles. The molecule has 1 heterocycles. The molecule has 114 valence electrons. The number of carbonyl (C=O) groups excluding carboxylic acids is 2. The summed E-state index contributed by atoms with van der Waals surface area (Å²) in [6.07, 6.45) is 1.38. The molecule has 2 rings (SSSR count). The third-order valence-electron chi connectivity index (χ3n) is 2.88. The molecule has 0 aliphatic carbocycles. The van der Waals surface area contributed by atoms with Gasteiger partial charge in [0.15, 0.2) is 5.69 Å². The molecule has 7 heteroatoms. The quantitative estimate of drug-likeness (QED) is 0.836. The number of aromatic nitrogens is 1. The minimum atomic E-state index is -0.700. The lowest BCUT2D eigenvalue weighted by Gasteiger charge is -2.07. The lowest BCUT2D eigenvalue weighted by molar-refractivity contribution is -0.139. The molecule has 2 N–H and O–H groups in total. The smallest absolute Gasteiger partial charge is 0.325 e. The maximum absolute atomic E-state index is 12.9. The second kappa shape index (κ2) is 6.66. The van der Waals surface area contributed by atoms with Crippen LogP contribution in [0.1, 0.15) is 10.5 Å². The van der Waals surface area contributed by atoms with Crippen LogP contribution in [0, 0.1) is 5.82 Å². The Kier molecular flexibility index (Phi) is 4.67. The zero-order chi connectivity index (χ0) is 16.1. The maximum Gasteiger partial charge on any atom is 0.325 e. The average molecular weight is 304 g/mol. The van der Waals surface area contributed by atoms with Gasteiger partial charge in [-0.05, 0) is 23.8 Å². The van der Waals surface area contributed by atoms with Crippen LogP contribution in [-0.4, -0.2) is 35.6 Å². The minimum absolute atomic E-state index is 0.213. The molecule has 1 amide bonds. The molecule has 0 saturated carbocycles. The highest BCUT2D eigenvalue weighted by Crippen LogP contribution is 2.24. The van der Waals surface area contributed by atoms with Crippen molar-refractivity contribution in [1.82, 2.24) is 10.3 Å². The predicted molar refractivity (Wildman–Crippen MR) is 75.6 cm³/mol. The third-order valence-corrected chi connectivity index (χ3v) is 2.88. The first-order valence-corrected chi connectivity index (χ1v) is 6.31. The second-order valence-electron chi connectivity index (χ2n) is 4.36. The number of pyridine rings is 1. The molecule has 0 unspecified atom stereocenters. The van der Waals surface area contributed by atoms with Crippen molar-refractivity contribution in [3.8, 4) is 16.9 Å². The fourth-order valence-electron chi connectivity index (χ4n) is 1.74. The van der Waals surface area contributed by atoms with E-state index in [1.54, 1.807) is 0 Å². The van der Waals surface area contributed by atoms with Crippen LogP contribution in [0.25, 0.3) is 11.1 Å². The maximum atomic E-state index is 12.9. The van der Waals surface area contributed by atoms with Crippen LogP contribution in [0.5, 0.6) is 5.75 Å². The Labute approximate surface area is 125 Å². The molecule has 0 atom stereocenters. The summed E-state index contributed by atoms with van der Waals surface area (Å²) in [5, 5.41) is 12.2. The Balaban J connectivity index is 2.17. The summed E-state index contributed by atoms with van der Waals surface area (Å²) in [5.41, 5.74) is 0.961. The van der Waals surface area contributed by atoms with Gasteiger partial charge in [-0.1, -0.05) is 12.1 Å². The number of amides is 1. The molecule has 6 nitrogen and oxygen atoms in total. The molecular formula is C15H13FN2O4. The number of ether oxygens (including phenoxy) is 1. The van der Waals surface area contributed by atoms with E-state index >= 15 is 0 Å². The van der Waals surface area contributed by atoms with E-state index in [1.807, 2.05) is 0 Å². The van der Waals surface area contributed by atoms with Gasteiger partial charge in [0.1, 0.15) is 18.1 Å². The van der Waals surface area contributed by atoms with Crippen LogP contribution in [0.3, 0.4) is 0 Å².